The number of nitrogens with zero attached hydrogens (tertiary/aromatic N) is 6. The van der Waals surface area contributed by atoms with Crippen LogP contribution in [-0.4, -0.2) is 63.8 Å². The summed E-state index contributed by atoms with van der Waals surface area (Å²) in [6, 6.07) is 13.3. The number of ether oxygens (including phenoxy) is 1. The van der Waals surface area contributed by atoms with Gasteiger partial charge in [-0.1, -0.05) is 6.07 Å². The third-order valence-electron chi connectivity index (χ3n) is 4.66. The molecule has 0 amide bonds. The Hall–Kier alpha value is -3.72. The van der Waals surface area contributed by atoms with Crippen molar-refractivity contribution in [3.63, 3.8) is 0 Å². The second-order valence-electron chi connectivity index (χ2n) is 7.33. The zero-order valence-electron chi connectivity index (χ0n) is 17.9. The summed E-state index contributed by atoms with van der Waals surface area (Å²) in [5, 5.41) is 11.4. The van der Waals surface area contributed by atoms with Crippen molar-refractivity contribution in [2.24, 2.45) is 0 Å². The first-order valence-electron chi connectivity index (χ1n) is 10.1. The fourth-order valence-electron chi connectivity index (χ4n) is 3.14. The molecule has 0 atom stereocenters. The van der Waals surface area contributed by atoms with E-state index in [9.17, 15) is 0 Å². The molecule has 0 bridgehead atoms. The van der Waals surface area contributed by atoms with Gasteiger partial charge in [0.05, 0.1) is 7.11 Å². The zero-order chi connectivity index (χ0) is 21.6. The standard InChI is InChI=1S/C22H26N8O/c1-29(2)13-6-11-23-19-15-16(10-12-24-19)25-22-18-8-5-14-30(18)28-21(27-22)17-7-4-9-20(26-17)31-3/h4-5,7-10,12,14-15H,6,11,13H2,1-3H3,(H2,23,24,25,27,28). The lowest BCUT2D eigenvalue weighted by molar-refractivity contribution is 0.398. The second-order valence-corrected chi connectivity index (χ2v) is 7.33. The lowest BCUT2D eigenvalue weighted by Gasteiger charge is -2.12. The normalized spacial score (nSPS) is 11.1. The molecule has 31 heavy (non-hydrogen) atoms. The number of hydrogen-bond acceptors (Lipinski definition) is 8. The molecule has 0 aromatic carbocycles. The summed E-state index contributed by atoms with van der Waals surface area (Å²) < 4.78 is 7.02. The fraction of sp³-hybridized carbons (Fsp3) is 0.273. The van der Waals surface area contributed by atoms with Gasteiger partial charge in [0, 0.05) is 36.8 Å². The van der Waals surface area contributed by atoms with Crippen LogP contribution in [0.25, 0.3) is 17.0 Å². The van der Waals surface area contributed by atoms with Crippen LogP contribution in [0.2, 0.25) is 0 Å². The van der Waals surface area contributed by atoms with Gasteiger partial charge in [-0.25, -0.2) is 19.5 Å². The van der Waals surface area contributed by atoms with Crippen molar-refractivity contribution in [2.75, 3.05) is 44.9 Å². The second kappa shape index (κ2) is 9.40. The number of fused-ring (bicyclic) bond motifs is 1. The third-order valence-corrected chi connectivity index (χ3v) is 4.66. The maximum Gasteiger partial charge on any atom is 0.213 e. The predicted octanol–water partition coefficient (Wildman–Crippen LogP) is 3.30. The molecule has 0 saturated carbocycles. The van der Waals surface area contributed by atoms with E-state index in [0.29, 0.717) is 23.2 Å². The van der Waals surface area contributed by atoms with Crippen molar-refractivity contribution < 1.29 is 4.74 Å². The molecule has 9 heteroatoms. The smallest absolute Gasteiger partial charge is 0.213 e. The molecule has 4 rings (SSSR count). The highest BCUT2D eigenvalue weighted by Gasteiger charge is 2.12. The molecule has 2 N–H and O–H groups in total. The van der Waals surface area contributed by atoms with Gasteiger partial charge < -0.3 is 20.3 Å². The van der Waals surface area contributed by atoms with Gasteiger partial charge >= 0.3 is 0 Å². The van der Waals surface area contributed by atoms with Crippen LogP contribution in [0.15, 0.2) is 54.9 Å². The van der Waals surface area contributed by atoms with Crippen molar-refractivity contribution in [3.05, 3.63) is 54.9 Å². The number of rotatable bonds is 9. The number of methoxy groups -OCH3 is 1. The molecule has 4 aromatic heterocycles. The maximum absolute atomic E-state index is 5.24. The largest absolute Gasteiger partial charge is 0.481 e. The maximum atomic E-state index is 5.24. The van der Waals surface area contributed by atoms with Crippen LogP contribution in [0.1, 0.15) is 6.42 Å². The first kappa shape index (κ1) is 20.5. The van der Waals surface area contributed by atoms with Gasteiger partial charge in [-0.2, -0.15) is 0 Å². The third kappa shape index (κ3) is 5.07. The zero-order valence-corrected chi connectivity index (χ0v) is 17.9. The van der Waals surface area contributed by atoms with Crippen LogP contribution >= 0.6 is 0 Å². The van der Waals surface area contributed by atoms with Crippen LogP contribution < -0.4 is 15.4 Å². The van der Waals surface area contributed by atoms with Gasteiger partial charge in [0.25, 0.3) is 0 Å². The molecule has 0 aliphatic heterocycles. The van der Waals surface area contributed by atoms with Gasteiger partial charge in [-0.05, 0) is 51.3 Å². The number of nitrogens with one attached hydrogen (secondary N) is 2. The van der Waals surface area contributed by atoms with Crippen LogP contribution in [0.5, 0.6) is 5.88 Å². The Kier molecular flexibility index (Phi) is 6.23. The van der Waals surface area contributed by atoms with Crippen molar-refractivity contribution >= 4 is 22.8 Å². The Labute approximate surface area is 181 Å². The van der Waals surface area contributed by atoms with Crippen LogP contribution in [0, 0.1) is 0 Å². The summed E-state index contributed by atoms with van der Waals surface area (Å²) in [6.45, 7) is 1.88. The summed E-state index contributed by atoms with van der Waals surface area (Å²) in [6.07, 6.45) is 4.70. The molecule has 4 aromatic rings. The highest BCUT2D eigenvalue weighted by atomic mass is 16.5. The summed E-state index contributed by atoms with van der Waals surface area (Å²) >= 11 is 0. The molecule has 0 radical (unpaired) electrons. The quantitative estimate of drug-likeness (QED) is 0.400. The fourth-order valence-corrected chi connectivity index (χ4v) is 3.14. The van der Waals surface area contributed by atoms with Gasteiger partial charge in [-0.15, -0.1) is 5.10 Å². The van der Waals surface area contributed by atoms with E-state index in [1.54, 1.807) is 23.9 Å². The summed E-state index contributed by atoms with van der Waals surface area (Å²) in [4.78, 5) is 15.8. The van der Waals surface area contributed by atoms with Crippen molar-refractivity contribution in [1.29, 1.82) is 0 Å². The number of hydrogen-bond donors (Lipinski definition) is 2. The Balaban J connectivity index is 1.58. The van der Waals surface area contributed by atoms with Gasteiger partial charge in [0.1, 0.15) is 17.0 Å². The Morgan fingerprint density at radius 2 is 2.00 bits per heavy atom. The van der Waals surface area contributed by atoms with E-state index in [1.807, 2.05) is 42.6 Å². The van der Waals surface area contributed by atoms with E-state index >= 15 is 0 Å². The average Bonchev–Trinajstić information content (AvgIpc) is 3.26. The monoisotopic (exact) mass is 418 g/mol. The summed E-state index contributed by atoms with van der Waals surface area (Å²) in [7, 11) is 5.73. The molecule has 0 aliphatic rings. The molecular weight excluding hydrogens is 392 g/mol. The van der Waals surface area contributed by atoms with E-state index in [-0.39, 0.29) is 0 Å². The van der Waals surface area contributed by atoms with Crippen LogP contribution in [0.4, 0.5) is 17.3 Å². The van der Waals surface area contributed by atoms with Crippen LogP contribution in [0.3, 0.4) is 0 Å². The molecule has 9 nitrogen and oxygen atoms in total. The minimum absolute atomic E-state index is 0.501. The lowest BCUT2D eigenvalue weighted by atomic mass is 10.3. The molecule has 4 heterocycles. The highest BCUT2D eigenvalue weighted by Crippen LogP contribution is 2.24. The molecule has 0 saturated heterocycles. The van der Waals surface area contributed by atoms with Gasteiger partial charge in [0.2, 0.25) is 11.7 Å². The van der Waals surface area contributed by atoms with Gasteiger partial charge in [-0.3, -0.25) is 0 Å². The van der Waals surface area contributed by atoms with Crippen molar-refractivity contribution in [1.82, 2.24) is 29.5 Å². The number of aromatic nitrogens is 5. The van der Waals surface area contributed by atoms with Gasteiger partial charge in [0.15, 0.2) is 5.82 Å². The number of anilines is 3. The minimum Gasteiger partial charge on any atom is -0.481 e. The van der Waals surface area contributed by atoms with E-state index in [0.717, 1.165) is 36.5 Å². The van der Waals surface area contributed by atoms with E-state index in [2.05, 4.69) is 44.7 Å². The predicted molar refractivity (Wildman–Crippen MR) is 122 cm³/mol. The Bertz CT molecular complexity index is 1160. The Morgan fingerprint density at radius 1 is 1.10 bits per heavy atom. The first-order valence-corrected chi connectivity index (χ1v) is 10.1. The van der Waals surface area contributed by atoms with Crippen molar-refractivity contribution in [3.8, 4) is 17.4 Å². The molecule has 0 fully saturated rings. The summed E-state index contributed by atoms with van der Waals surface area (Å²) in [5.74, 6) is 2.52. The highest BCUT2D eigenvalue weighted by molar-refractivity contribution is 5.75. The van der Waals surface area contributed by atoms with E-state index in [1.165, 1.54) is 0 Å². The van der Waals surface area contributed by atoms with Crippen LogP contribution in [-0.2, 0) is 0 Å². The minimum atomic E-state index is 0.501. The number of pyridine rings is 2. The average molecular weight is 419 g/mol. The Morgan fingerprint density at radius 3 is 2.84 bits per heavy atom. The van der Waals surface area contributed by atoms with E-state index < -0.39 is 0 Å². The molecule has 160 valence electrons. The van der Waals surface area contributed by atoms with Crippen molar-refractivity contribution in [2.45, 2.75) is 6.42 Å². The molecular formula is C22H26N8O. The summed E-state index contributed by atoms with van der Waals surface area (Å²) in [5.41, 5.74) is 2.39. The molecule has 0 spiro atoms. The van der Waals surface area contributed by atoms with E-state index in [4.69, 9.17) is 9.72 Å². The molecule has 0 aliphatic carbocycles. The topological polar surface area (TPSA) is 92.5 Å². The first-order chi connectivity index (χ1) is 15.1. The SMILES string of the molecule is COc1cccc(-c2nc(Nc3ccnc(NCCCN(C)C)c3)c3cccn3n2)n1. The molecule has 0 unspecified atom stereocenters. The lowest BCUT2D eigenvalue weighted by Crippen LogP contribution is -2.16.